The fourth-order valence-electron chi connectivity index (χ4n) is 2.56. The molecule has 2 aromatic heterocycles. The first-order chi connectivity index (χ1) is 12.1. The van der Waals surface area contributed by atoms with Gasteiger partial charge in [0.1, 0.15) is 23.5 Å². The van der Waals surface area contributed by atoms with Gasteiger partial charge in [-0.3, -0.25) is 4.79 Å². The van der Waals surface area contributed by atoms with E-state index in [1.54, 1.807) is 43.3 Å². The second-order valence-corrected chi connectivity index (χ2v) is 5.70. The van der Waals surface area contributed by atoms with Crippen molar-refractivity contribution in [3.05, 3.63) is 46.6 Å². The standard InChI is InChI=1S/C17H14N4O4.Na.H/c1-9(22)8-24-11-3-5-14-13(7-11)16(23)12-4-2-10(6-15(12)25-14)17-18-20-21-19-17;;/h2-7,9,22H,8H2,1H3,(H,18,19,20,21);;/q;+1;-1. The molecule has 26 heavy (non-hydrogen) atoms. The molecule has 2 N–H and O–H groups in total. The number of fused-ring (bicyclic) bond motifs is 2. The van der Waals surface area contributed by atoms with E-state index in [9.17, 15) is 9.90 Å². The van der Waals surface area contributed by atoms with Crippen molar-refractivity contribution >= 4 is 21.9 Å². The summed E-state index contributed by atoms with van der Waals surface area (Å²) in [6.07, 6.45) is -0.590. The summed E-state index contributed by atoms with van der Waals surface area (Å²) in [6.45, 7) is 1.78. The third kappa shape index (κ3) is 3.49. The molecule has 0 aliphatic rings. The second-order valence-electron chi connectivity index (χ2n) is 5.70. The summed E-state index contributed by atoms with van der Waals surface area (Å²) in [6, 6.07) is 10.1. The van der Waals surface area contributed by atoms with Crippen molar-refractivity contribution in [1.82, 2.24) is 20.6 Å². The first-order valence-corrected chi connectivity index (χ1v) is 7.67. The van der Waals surface area contributed by atoms with E-state index in [4.69, 9.17) is 9.15 Å². The van der Waals surface area contributed by atoms with E-state index in [0.29, 0.717) is 39.1 Å². The maximum absolute atomic E-state index is 12.8. The molecule has 2 aromatic carbocycles. The molecule has 0 saturated heterocycles. The number of aromatic amines is 1. The van der Waals surface area contributed by atoms with Gasteiger partial charge in [-0.1, -0.05) is 6.07 Å². The normalized spacial score (nSPS) is 12.1. The minimum Gasteiger partial charge on any atom is -1.00 e. The van der Waals surface area contributed by atoms with Gasteiger partial charge < -0.3 is 15.7 Å². The Morgan fingerprint density at radius 1 is 1.23 bits per heavy atom. The van der Waals surface area contributed by atoms with Crippen molar-refractivity contribution in [3.63, 3.8) is 0 Å². The number of aromatic nitrogens is 4. The minimum atomic E-state index is -0.590. The summed E-state index contributed by atoms with van der Waals surface area (Å²) in [5.41, 5.74) is 1.43. The fourth-order valence-corrected chi connectivity index (χ4v) is 2.56. The van der Waals surface area contributed by atoms with Crippen LogP contribution in [-0.2, 0) is 0 Å². The molecule has 0 fully saturated rings. The van der Waals surface area contributed by atoms with Gasteiger partial charge in [0.2, 0.25) is 11.3 Å². The van der Waals surface area contributed by atoms with E-state index in [1.807, 2.05) is 0 Å². The molecule has 0 saturated carbocycles. The van der Waals surface area contributed by atoms with Crippen LogP contribution in [0.4, 0.5) is 0 Å². The molecule has 2 heterocycles. The van der Waals surface area contributed by atoms with Crippen molar-refractivity contribution in [2.45, 2.75) is 13.0 Å². The van der Waals surface area contributed by atoms with Gasteiger partial charge in [-0.05, 0) is 42.5 Å². The molecule has 0 aliphatic carbocycles. The number of tetrazole rings is 1. The van der Waals surface area contributed by atoms with Crippen LogP contribution < -0.4 is 39.7 Å². The molecule has 9 heteroatoms. The monoisotopic (exact) mass is 362 g/mol. The number of H-pyrrole nitrogens is 1. The van der Waals surface area contributed by atoms with Crippen LogP contribution in [0.1, 0.15) is 8.35 Å². The van der Waals surface area contributed by atoms with Gasteiger partial charge in [0.25, 0.3) is 0 Å². The van der Waals surface area contributed by atoms with Crippen LogP contribution in [0.5, 0.6) is 5.75 Å². The van der Waals surface area contributed by atoms with Crippen molar-refractivity contribution in [1.29, 1.82) is 0 Å². The summed E-state index contributed by atoms with van der Waals surface area (Å²) in [7, 11) is 0. The summed E-state index contributed by atoms with van der Waals surface area (Å²) < 4.78 is 11.3. The van der Waals surface area contributed by atoms with E-state index in [-0.39, 0.29) is 43.0 Å². The molecule has 1 atom stereocenters. The molecule has 0 bridgehead atoms. The van der Waals surface area contributed by atoms with Crippen LogP contribution in [-0.4, -0.2) is 38.4 Å². The Labute approximate surface area is 170 Å². The zero-order chi connectivity index (χ0) is 17.4. The number of hydrogen-bond acceptors (Lipinski definition) is 7. The van der Waals surface area contributed by atoms with Gasteiger partial charge in [0, 0.05) is 5.56 Å². The number of hydrogen-bond donors (Lipinski definition) is 2. The molecule has 0 aliphatic heterocycles. The van der Waals surface area contributed by atoms with E-state index in [1.165, 1.54) is 0 Å². The molecule has 0 radical (unpaired) electrons. The first-order valence-electron chi connectivity index (χ1n) is 7.67. The summed E-state index contributed by atoms with van der Waals surface area (Å²) in [5.74, 6) is 0.926. The molecule has 8 nitrogen and oxygen atoms in total. The number of ether oxygens (including phenoxy) is 1. The predicted octanol–water partition coefficient (Wildman–Crippen LogP) is -0.998. The molecular formula is C17H15N4NaO4. The van der Waals surface area contributed by atoms with Gasteiger partial charge in [-0.15, -0.1) is 10.2 Å². The Balaban J connectivity index is 0.00000131. The molecule has 4 rings (SSSR count). The third-order valence-electron chi connectivity index (χ3n) is 3.74. The Morgan fingerprint density at radius 2 is 2.08 bits per heavy atom. The Bertz CT molecular complexity index is 1120. The van der Waals surface area contributed by atoms with E-state index >= 15 is 0 Å². The van der Waals surface area contributed by atoms with Crippen LogP contribution in [0.2, 0.25) is 0 Å². The Kier molecular flexibility index (Phi) is 5.38. The molecule has 1 unspecified atom stereocenters. The molecule has 0 spiro atoms. The van der Waals surface area contributed by atoms with Crippen molar-refractivity contribution in [2.75, 3.05) is 6.61 Å². The maximum Gasteiger partial charge on any atom is 1.00 e. The predicted molar refractivity (Wildman–Crippen MR) is 91.4 cm³/mol. The number of aliphatic hydroxyl groups excluding tert-OH is 1. The van der Waals surface area contributed by atoms with Crippen LogP contribution in [0.3, 0.4) is 0 Å². The number of benzene rings is 2. The Hall–Kier alpha value is -2.26. The van der Waals surface area contributed by atoms with E-state index in [2.05, 4.69) is 20.6 Å². The van der Waals surface area contributed by atoms with Gasteiger partial charge in [0.15, 0.2) is 0 Å². The molecular weight excluding hydrogens is 347 g/mol. The maximum atomic E-state index is 12.8. The summed E-state index contributed by atoms with van der Waals surface area (Å²) in [4.78, 5) is 12.8. The SMILES string of the molecule is CC(O)COc1ccc2oc3cc(-c4nn[nH]n4)ccc3c(=O)c2c1.[H-].[Na+]. The quantitative estimate of drug-likeness (QED) is 0.354. The summed E-state index contributed by atoms with van der Waals surface area (Å²) in [5, 5.41) is 23.9. The first kappa shape index (κ1) is 18.5. The van der Waals surface area contributed by atoms with E-state index in [0.717, 1.165) is 0 Å². The van der Waals surface area contributed by atoms with Crippen molar-refractivity contribution in [3.8, 4) is 17.1 Å². The largest absolute Gasteiger partial charge is 1.00 e. The average molecular weight is 362 g/mol. The smallest absolute Gasteiger partial charge is 1.00 e. The van der Waals surface area contributed by atoms with Crippen molar-refractivity contribution < 1.29 is 45.2 Å². The molecule has 0 amide bonds. The van der Waals surface area contributed by atoms with Crippen LogP contribution in [0.25, 0.3) is 33.3 Å². The zero-order valence-electron chi connectivity index (χ0n) is 15.3. The van der Waals surface area contributed by atoms with Gasteiger partial charge in [0.05, 0.1) is 16.9 Å². The number of aliphatic hydroxyl groups is 1. The zero-order valence-corrected chi connectivity index (χ0v) is 16.3. The number of rotatable bonds is 4. The van der Waals surface area contributed by atoms with Crippen LogP contribution >= 0.6 is 0 Å². The number of nitrogens with zero attached hydrogens (tertiary/aromatic N) is 3. The van der Waals surface area contributed by atoms with Crippen LogP contribution in [0.15, 0.2) is 45.6 Å². The third-order valence-corrected chi connectivity index (χ3v) is 3.74. The fraction of sp³-hybridized carbons (Fsp3) is 0.176. The average Bonchev–Trinajstić information content (AvgIpc) is 3.14. The summed E-state index contributed by atoms with van der Waals surface area (Å²) >= 11 is 0. The van der Waals surface area contributed by atoms with Gasteiger partial charge in [-0.25, -0.2) is 0 Å². The second kappa shape index (κ2) is 7.55. The van der Waals surface area contributed by atoms with E-state index < -0.39 is 6.10 Å². The minimum absolute atomic E-state index is 0. The van der Waals surface area contributed by atoms with Crippen molar-refractivity contribution in [2.24, 2.45) is 0 Å². The van der Waals surface area contributed by atoms with Gasteiger partial charge >= 0.3 is 29.6 Å². The topological polar surface area (TPSA) is 114 Å². The molecule has 128 valence electrons. The Morgan fingerprint density at radius 3 is 2.81 bits per heavy atom. The number of nitrogens with one attached hydrogen (secondary N) is 1. The van der Waals surface area contributed by atoms with Crippen LogP contribution in [0, 0.1) is 0 Å². The van der Waals surface area contributed by atoms with Gasteiger partial charge in [-0.2, -0.15) is 5.21 Å². The molecule has 4 aromatic rings.